The molecule has 0 fully saturated rings. The highest BCUT2D eigenvalue weighted by Crippen LogP contribution is 2.19. The van der Waals surface area contributed by atoms with E-state index in [1.54, 1.807) is 12.3 Å². The van der Waals surface area contributed by atoms with Crippen molar-refractivity contribution in [3.8, 4) is 0 Å². The van der Waals surface area contributed by atoms with Gasteiger partial charge in [-0.3, -0.25) is 0 Å². The van der Waals surface area contributed by atoms with Crippen LogP contribution in [0.25, 0.3) is 0 Å². The standard InChI is InChI=1S/C13H18N4O/c1-9(2)13-15-11(14)7-12(16-13)17(3)8-10-5-4-6-18-10/h4-7,9H,8H2,1-3H3,(H2,14,15,16). The molecule has 96 valence electrons. The maximum Gasteiger partial charge on any atom is 0.135 e. The van der Waals surface area contributed by atoms with Gasteiger partial charge in [0.05, 0.1) is 12.8 Å². The fraction of sp³-hybridized carbons (Fsp3) is 0.385. The molecule has 0 aromatic carbocycles. The highest BCUT2D eigenvalue weighted by Gasteiger charge is 2.10. The smallest absolute Gasteiger partial charge is 0.135 e. The van der Waals surface area contributed by atoms with Gasteiger partial charge < -0.3 is 15.1 Å². The SMILES string of the molecule is CC(C)c1nc(N)cc(N(C)Cc2ccco2)n1. The molecule has 0 aliphatic carbocycles. The molecule has 2 N–H and O–H groups in total. The predicted octanol–water partition coefficient (Wildman–Crippen LogP) is 2.41. The van der Waals surface area contributed by atoms with Crippen LogP contribution in [0, 0.1) is 0 Å². The van der Waals surface area contributed by atoms with Gasteiger partial charge in [0.2, 0.25) is 0 Å². The van der Waals surface area contributed by atoms with E-state index in [0.29, 0.717) is 12.4 Å². The zero-order chi connectivity index (χ0) is 13.1. The zero-order valence-corrected chi connectivity index (χ0v) is 10.9. The van der Waals surface area contributed by atoms with Gasteiger partial charge in [-0.1, -0.05) is 13.8 Å². The number of rotatable bonds is 4. The number of aromatic nitrogens is 2. The number of anilines is 2. The number of hydrogen-bond donors (Lipinski definition) is 1. The number of furan rings is 1. The molecular formula is C13H18N4O. The van der Waals surface area contributed by atoms with Gasteiger partial charge in [-0.15, -0.1) is 0 Å². The van der Waals surface area contributed by atoms with Crippen LogP contribution in [0.1, 0.15) is 31.4 Å². The minimum absolute atomic E-state index is 0.254. The molecule has 0 bridgehead atoms. The molecule has 0 aliphatic rings. The van der Waals surface area contributed by atoms with Crippen LogP contribution in [-0.2, 0) is 6.54 Å². The van der Waals surface area contributed by atoms with Crippen molar-refractivity contribution in [2.45, 2.75) is 26.3 Å². The van der Waals surface area contributed by atoms with Crippen molar-refractivity contribution in [3.05, 3.63) is 36.0 Å². The van der Waals surface area contributed by atoms with E-state index in [9.17, 15) is 0 Å². The fourth-order valence-corrected chi connectivity index (χ4v) is 1.64. The second-order valence-corrected chi connectivity index (χ2v) is 4.60. The first-order valence-corrected chi connectivity index (χ1v) is 5.94. The molecule has 0 saturated carbocycles. The average Bonchev–Trinajstić information content (AvgIpc) is 2.80. The summed E-state index contributed by atoms with van der Waals surface area (Å²) in [5.74, 6) is 3.21. The van der Waals surface area contributed by atoms with E-state index in [4.69, 9.17) is 10.2 Å². The summed E-state index contributed by atoms with van der Waals surface area (Å²) < 4.78 is 5.32. The molecule has 0 aliphatic heterocycles. The van der Waals surface area contributed by atoms with Crippen LogP contribution in [0.15, 0.2) is 28.9 Å². The van der Waals surface area contributed by atoms with Gasteiger partial charge in [-0.25, -0.2) is 9.97 Å². The second kappa shape index (κ2) is 5.08. The first kappa shape index (κ1) is 12.4. The topological polar surface area (TPSA) is 68.2 Å². The number of nitrogen functional groups attached to an aromatic ring is 1. The Bertz CT molecular complexity index is 508. The van der Waals surface area contributed by atoms with Crippen molar-refractivity contribution < 1.29 is 4.42 Å². The second-order valence-electron chi connectivity index (χ2n) is 4.60. The molecule has 2 aromatic heterocycles. The fourth-order valence-electron chi connectivity index (χ4n) is 1.64. The lowest BCUT2D eigenvalue weighted by atomic mass is 10.2. The van der Waals surface area contributed by atoms with Crippen LogP contribution in [0.5, 0.6) is 0 Å². The van der Waals surface area contributed by atoms with Gasteiger partial charge in [0.15, 0.2) is 0 Å². The third-order valence-electron chi connectivity index (χ3n) is 2.63. The highest BCUT2D eigenvalue weighted by molar-refractivity contribution is 5.46. The highest BCUT2D eigenvalue weighted by atomic mass is 16.3. The van der Waals surface area contributed by atoms with Gasteiger partial charge >= 0.3 is 0 Å². The van der Waals surface area contributed by atoms with E-state index < -0.39 is 0 Å². The van der Waals surface area contributed by atoms with E-state index in [-0.39, 0.29) is 5.92 Å². The summed E-state index contributed by atoms with van der Waals surface area (Å²) in [4.78, 5) is 10.7. The van der Waals surface area contributed by atoms with E-state index in [1.165, 1.54) is 0 Å². The van der Waals surface area contributed by atoms with Crippen LogP contribution in [0.2, 0.25) is 0 Å². The summed E-state index contributed by atoms with van der Waals surface area (Å²) in [5.41, 5.74) is 5.81. The zero-order valence-electron chi connectivity index (χ0n) is 10.9. The summed E-state index contributed by atoms with van der Waals surface area (Å²) in [6, 6.07) is 5.58. The monoisotopic (exact) mass is 246 g/mol. The summed E-state index contributed by atoms with van der Waals surface area (Å²) in [6.45, 7) is 4.75. The minimum Gasteiger partial charge on any atom is -0.467 e. The molecule has 2 rings (SSSR count). The third kappa shape index (κ3) is 2.80. The number of nitrogens with zero attached hydrogens (tertiary/aromatic N) is 3. The Labute approximate surface area is 107 Å². The summed E-state index contributed by atoms with van der Waals surface area (Å²) >= 11 is 0. The predicted molar refractivity (Wildman–Crippen MR) is 71.3 cm³/mol. The molecule has 2 aromatic rings. The van der Waals surface area contributed by atoms with Crippen LogP contribution in [0.3, 0.4) is 0 Å². The Kier molecular flexibility index (Phi) is 3.50. The van der Waals surface area contributed by atoms with E-state index in [1.807, 2.05) is 37.9 Å². The van der Waals surface area contributed by atoms with E-state index in [0.717, 1.165) is 17.4 Å². The average molecular weight is 246 g/mol. The van der Waals surface area contributed by atoms with Gasteiger partial charge in [0.1, 0.15) is 23.2 Å². The molecule has 5 nitrogen and oxygen atoms in total. The summed E-state index contributed by atoms with van der Waals surface area (Å²) in [7, 11) is 1.95. The molecule has 0 unspecified atom stereocenters. The quantitative estimate of drug-likeness (QED) is 0.897. The summed E-state index contributed by atoms with van der Waals surface area (Å²) in [6.07, 6.45) is 1.66. The maximum atomic E-state index is 5.81. The Morgan fingerprint density at radius 3 is 2.78 bits per heavy atom. The van der Waals surface area contributed by atoms with Gasteiger partial charge in [0.25, 0.3) is 0 Å². The van der Waals surface area contributed by atoms with Crippen molar-refractivity contribution in [1.29, 1.82) is 0 Å². The van der Waals surface area contributed by atoms with Crippen molar-refractivity contribution in [3.63, 3.8) is 0 Å². The van der Waals surface area contributed by atoms with E-state index >= 15 is 0 Å². The lowest BCUT2D eigenvalue weighted by molar-refractivity contribution is 0.506. The number of nitrogens with two attached hydrogens (primary N) is 1. The third-order valence-corrected chi connectivity index (χ3v) is 2.63. The van der Waals surface area contributed by atoms with E-state index in [2.05, 4.69) is 9.97 Å². The van der Waals surface area contributed by atoms with Gasteiger partial charge in [0, 0.05) is 19.0 Å². The first-order valence-electron chi connectivity index (χ1n) is 5.94. The molecule has 2 heterocycles. The summed E-state index contributed by atoms with van der Waals surface area (Å²) in [5, 5.41) is 0. The molecule has 0 amide bonds. The van der Waals surface area contributed by atoms with Gasteiger partial charge in [-0.2, -0.15) is 0 Å². The molecule has 0 atom stereocenters. The lowest BCUT2D eigenvalue weighted by Gasteiger charge is -2.18. The Balaban J connectivity index is 2.21. The normalized spacial score (nSPS) is 10.9. The van der Waals surface area contributed by atoms with Crippen molar-refractivity contribution in [2.24, 2.45) is 0 Å². The van der Waals surface area contributed by atoms with Crippen LogP contribution < -0.4 is 10.6 Å². The minimum atomic E-state index is 0.254. The Morgan fingerprint density at radius 1 is 1.39 bits per heavy atom. The molecular weight excluding hydrogens is 228 g/mol. The largest absolute Gasteiger partial charge is 0.467 e. The molecule has 18 heavy (non-hydrogen) atoms. The maximum absolute atomic E-state index is 5.81. The molecule has 0 saturated heterocycles. The van der Waals surface area contributed by atoms with Crippen molar-refractivity contribution >= 4 is 11.6 Å². The van der Waals surface area contributed by atoms with Crippen molar-refractivity contribution in [2.75, 3.05) is 17.7 Å². The van der Waals surface area contributed by atoms with Gasteiger partial charge in [-0.05, 0) is 12.1 Å². The Hall–Kier alpha value is -2.04. The molecule has 0 radical (unpaired) electrons. The first-order chi connectivity index (χ1) is 8.56. The van der Waals surface area contributed by atoms with Crippen LogP contribution >= 0.6 is 0 Å². The lowest BCUT2D eigenvalue weighted by Crippen LogP contribution is -2.19. The van der Waals surface area contributed by atoms with Crippen LogP contribution in [0.4, 0.5) is 11.6 Å². The molecule has 0 spiro atoms. The van der Waals surface area contributed by atoms with Crippen LogP contribution in [-0.4, -0.2) is 17.0 Å². The number of hydrogen-bond acceptors (Lipinski definition) is 5. The Morgan fingerprint density at radius 2 is 2.17 bits per heavy atom. The van der Waals surface area contributed by atoms with Crippen molar-refractivity contribution in [1.82, 2.24) is 9.97 Å². The molecule has 5 heteroatoms.